The predicted molar refractivity (Wildman–Crippen MR) is 118 cm³/mol. The van der Waals surface area contributed by atoms with Gasteiger partial charge in [0.1, 0.15) is 16.6 Å². The number of amides is 1. The van der Waals surface area contributed by atoms with Gasteiger partial charge in [0.2, 0.25) is 5.91 Å². The molecule has 0 radical (unpaired) electrons. The lowest BCUT2D eigenvalue weighted by molar-refractivity contribution is -0.120. The fraction of sp³-hybridized carbons (Fsp3) is 0.227. The van der Waals surface area contributed by atoms with E-state index in [2.05, 4.69) is 5.32 Å². The van der Waals surface area contributed by atoms with E-state index in [-0.39, 0.29) is 22.5 Å². The number of thiophene rings is 1. The molecule has 30 heavy (non-hydrogen) atoms. The quantitative estimate of drug-likeness (QED) is 0.535. The molecule has 1 N–H and O–H groups in total. The van der Waals surface area contributed by atoms with E-state index in [0.717, 1.165) is 28.5 Å². The Bertz CT molecular complexity index is 1050. The van der Waals surface area contributed by atoms with Crippen LogP contribution in [0.3, 0.4) is 0 Å². The number of sulfonamides is 1. The normalized spacial score (nSPS) is 12.3. The second-order valence-corrected chi connectivity index (χ2v) is 9.95. The molecule has 3 aromatic rings. The number of carbonyl (C=O) groups excluding carboxylic acids is 1. The predicted octanol–water partition coefficient (Wildman–Crippen LogP) is 4.22. The van der Waals surface area contributed by atoms with Crippen LogP contribution in [-0.4, -0.2) is 26.9 Å². The standard InChI is InChI=1S/C22H23FN2O3S2/c1-17(9-10-18-6-3-2-4-7-18)24-21(26)16-25(20-13-11-19(23)12-14-20)30(27,28)22-8-5-15-29-22/h2-8,11-15,17H,9-10,16H2,1H3,(H,24,26)/t17-/m1/s1. The van der Waals surface area contributed by atoms with Crippen molar-refractivity contribution in [2.75, 3.05) is 10.8 Å². The molecule has 0 spiro atoms. The summed E-state index contributed by atoms with van der Waals surface area (Å²) in [6.45, 7) is 1.50. The molecule has 0 aliphatic heterocycles. The van der Waals surface area contributed by atoms with E-state index < -0.39 is 21.7 Å². The first kappa shape index (κ1) is 22.0. The fourth-order valence-electron chi connectivity index (χ4n) is 2.99. The summed E-state index contributed by atoms with van der Waals surface area (Å²) in [7, 11) is -3.94. The van der Waals surface area contributed by atoms with E-state index in [0.29, 0.717) is 0 Å². The van der Waals surface area contributed by atoms with E-state index in [9.17, 15) is 17.6 Å². The second-order valence-electron chi connectivity index (χ2n) is 6.91. The Balaban J connectivity index is 1.71. The summed E-state index contributed by atoms with van der Waals surface area (Å²) in [6, 6.07) is 18.0. The molecule has 0 bridgehead atoms. The lowest BCUT2D eigenvalue weighted by Crippen LogP contribution is -2.43. The van der Waals surface area contributed by atoms with Crippen LogP contribution in [0.1, 0.15) is 18.9 Å². The van der Waals surface area contributed by atoms with Gasteiger partial charge in [-0.2, -0.15) is 0 Å². The summed E-state index contributed by atoms with van der Waals surface area (Å²) in [5.74, 6) is -0.897. The molecule has 0 fully saturated rings. The number of halogens is 1. The highest BCUT2D eigenvalue weighted by molar-refractivity contribution is 7.94. The molecule has 1 atom stereocenters. The first-order valence-electron chi connectivity index (χ1n) is 9.51. The third-order valence-corrected chi connectivity index (χ3v) is 7.70. The van der Waals surface area contributed by atoms with Crippen molar-refractivity contribution >= 4 is 33.0 Å². The average molecular weight is 447 g/mol. The minimum absolute atomic E-state index is 0.122. The Morgan fingerprint density at radius 3 is 2.40 bits per heavy atom. The van der Waals surface area contributed by atoms with Crippen LogP contribution in [0.2, 0.25) is 0 Å². The summed E-state index contributed by atoms with van der Waals surface area (Å²) in [6.07, 6.45) is 1.53. The Kier molecular flexibility index (Phi) is 7.23. The van der Waals surface area contributed by atoms with Gasteiger partial charge in [-0.15, -0.1) is 11.3 Å². The minimum atomic E-state index is -3.94. The molecule has 0 aliphatic carbocycles. The topological polar surface area (TPSA) is 66.5 Å². The van der Waals surface area contributed by atoms with Crippen LogP contribution in [0.25, 0.3) is 0 Å². The van der Waals surface area contributed by atoms with Gasteiger partial charge < -0.3 is 5.32 Å². The zero-order chi connectivity index (χ0) is 21.6. The summed E-state index contributed by atoms with van der Waals surface area (Å²) < 4.78 is 40.6. The summed E-state index contributed by atoms with van der Waals surface area (Å²) in [5, 5.41) is 4.52. The molecule has 0 unspecified atom stereocenters. The van der Waals surface area contributed by atoms with Crippen LogP contribution >= 0.6 is 11.3 Å². The third-order valence-electron chi connectivity index (χ3n) is 4.56. The van der Waals surface area contributed by atoms with Gasteiger partial charge in [0.25, 0.3) is 10.0 Å². The number of hydrogen-bond acceptors (Lipinski definition) is 4. The molecule has 1 amide bonds. The zero-order valence-electron chi connectivity index (χ0n) is 16.5. The van der Waals surface area contributed by atoms with Crippen molar-refractivity contribution < 1.29 is 17.6 Å². The van der Waals surface area contributed by atoms with Gasteiger partial charge >= 0.3 is 0 Å². The van der Waals surface area contributed by atoms with Gasteiger partial charge in [-0.3, -0.25) is 9.10 Å². The molecular formula is C22H23FN2O3S2. The largest absolute Gasteiger partial charge is 0.352 e. The van der Waals surface area contributed by atoms with Gasteiger partial charge in [0.15, 0.2) is 0 Å². The number of hydrogen-bond donors (Lipinski definition) is 1. The minimum Gasteiger partial charge on any atom is -0.352 e. The van der Waals surface area contributed by atoms with Crippen molar-refractivity contribution in [3.63, 3.8) is 0 Å². The van der Waals surface area contributed by atoms with E-state index in [1.165, 1.54) is 35.9 Å². The third kappa shape index (κ3) is 5.67. The van der Waals surface area contributed by atoms with Crippen LogP contribution < -0.4 is 9.62 Å². The number of rotatable bonds is 9. The van der Waals surface area contributed by atoms with Gasteiger partial charge in [0, 0.05) is 6.04 Å². The molecule has 5 nitrogen and oxygen atoms in total. The highest BCUT2D eigenvalue weighted by Crippen LogP contribution is 2.26. The van der Waals surface area contributed by atoms with Crippen molar-refractivity contribution in [3.05, 3.63) is 83.5 Å². The summed E-state index contributed by atoms with van der Waals surface area (Å²) in [4.78, 5) is 12.6. The van der Waals surface area contributed by atoms with Crippen LogP contribution in [0, 0.1) is 5.82 Å². The van der Waals surface area contributed by atoms with Crippen LogP contribution in [0.5, 0.6) is 0 Å². The first-order valence-corrected chi connectivity index (χ1v) is 11.8. The molecule has 3 rings (SSSR count). The Labute approximate surface area is 180 Å². The Hall–Kier alpha value is -2.71. The van der Waals surface area contributed by atoms with Crippen molar-refractivity contribution in [2.45, 2.75) is 30.0 Å². The van der Waals surface area contributed by atoms with Crippen molar-refractivity contribution in [1.82, 2.24) is 5.32 Å². The molecule has 1 heterocycles. The van der Waals surface area contributed by atoms with Crippen LogP contribution in [-0.2, 0) is 21.2 Å². The lowest BCUT2D eigenvalue weighted by atomic mass is 10.1. The maximum absolute atomic E-state index is 13.3. The molecule has 2 aromatic carbocycles. The zero-order valence-corrected chi connectivity index (χ0v) is 18.1. The lowest BCUT2D eigenvalue weighted by Gasteiger charge is -2.24. The molecule has 0 saturated heterocycles. The molecule has 0 aliphatic rings. The number of anilines is 1. The maximum Gasteiger partial charge on any atom is 0.274 e. The second kappa shape index (κ2) is 9.86. The number of carbonyl (C=O) groups is 1. The number of aryl methyl sites for hydroxylation is 1. The Morgan fingerprint density at radius 1 is 1.07 bits per heavy atom. The SMILES string of the molecule is C[C@H](CCc1ccccc1)NC(=O)CN(c1ccc(F)cc1)S(=O)(=O)c1cccs1. The molecule has 158 valence electrons. The summed E-state index contributed by atoms with van der Waals surface area (Å²) >= 11 is 1.07. The van der Waals surface area contributed by atoms with Gasteiger partial charge in [-0.1, -0.05) is 36.4 Å². The molecule has 8 heteroatoms. The molecule has 1 aromatic heterocycles. The highest BCUT2D eigenvalue weighted by atomic mass is 32.2. The summed E-state index contributed by atoms with van der Waals surface area (Å²) in [5.41, 5.74) is 1.41. The molecular weight excluding hydrogens is 423 g/mol. The number of nitrogens with zero attached hydrogens (tertiary/aromatic N) is 1. The smallest absolute Gasteiger partial charge is 0.274 e. The first-order chi connectivity index (χ1) is 14.4. The van der Waals surface area contributed by atoms with E-state index in [4.69, 9.17) is 0 Å². The fourth-order valence-corrected chi connectivity index (χ4v) is 5.52. The van der Waals surface area contributed by atoms with Crippen molar-refractivity contribution in [2.24, 2.45) is 0 Å². The van der Waals surface area contributed by atoms with Crippen molar-refractivity contribution in [3.8, 4) is 0 Å². The number of nitrogens with one attached hydrogen (secondary N) is 1. The highest BCUT2D eigenvalue weighted by Gasteiger charge is 2.28. The Morgan fingerprint density at radius 2 is 1.77 bits per heavy atom. The average Bonchev–Trinajstić information content (AvgIpc) is 3.28. The van der Waals surface area contributed by atoms with E-state index >= 15 is 0 Å². The van der Waals surface area contributed by atoms with Crippen LogP contribution in [0.4, 0.5) is 10.1 Å². The monoisotopic (exact) mass is 446 g/mol. The molecule has 0 saturated carbocycles. The van der Waals surface area contributed by atoms with E-state index in [1.807, 2.05) is 37.3 Å². The van der Waals surface area contributed by atoms with Crippen molar-refractivity contribution in [1.29, 1.82) is 0 Å². The van der Waals surface area contributed by atoms with E-state index in [1.54, 1.807) is 11.4 Å². The maximum atomic E-state index is 13.3. The van der Waals surface area contributed by atoms with Gasteiger partial charge in [0.05, 0.1) is 5.69 Å². The van der Waals surface area contributed by atoms with Crippen LogP contribution in [0.15, 0.2) is 76.3 Å². The van der Waals surface area contributed by atoms with Gasteiger partial charge in [-0.25, -0.2) is 12.8 Å². The number of benzene rings is 2. The van der Waals surface area contributed by atoms with Gasteiger partial charge in [-0.05, 0) is 61.0 Å².